The first kappa shape index (κ1) is 15.9. The molecule has 0 atom stereocenters. The highest BCUT2D eigenvalue weighted by molar-refractivity contribution is 5.98. The van der Waals surface area contributed by atoms with Crippen molar-refractivity contribution >= 4 is 16.8 Å². The fraction of sp³-hybridized carbons (Fsp3) is 0.471. The molecule has 0 aliphatic heterocycles. The van der Waals surface area contributed by atoms with Crippen LogP contribution in [0.1, 0.15) is 41.7 Å². The van der Waals surface area contributed by atoms with E-state index in [1.165, 1.54) is 0 Å². The number of amides is 1. The molecule has 1 fully saturated rings. The van der Waals surface area contributed by atoms with Gasteiger partial charge in [-0.2, -0.15) is 13.2 Å². The maximum absolute atomic E-state index is 12.7. The molecule has 23 heavy (non-hydrogen) atoms. The summed E-state index contributed by atoms with van der Waals surface area (Å²) in [5, 5.41) is 3.80. The van der Waals surface area contributed by atoms with Crippen LogP contribution in [0.5, 0.6) is 0 Å². The summed E-state index contributed by atoms with van der Waals surface area (Å²) in [6, 6.07) is 7.39. The molecule has 6 heteroatoms. The van der Waals surface area contributed by atoms with E-state index in [1.54, 1.807) is 6.07 Å². The lowest BCUT2D eigenvalue weighted by Gasteiger charge is -2.30. The first-order chi connectivity index (χ1) is 10.8. The number of aromatic amines is 1. The van der Waals surface area contributed by atoms with Gasteiger partial charge in [-0.25, -0.2) is 0 Å². The number of para-hydroxylation sites is 1. The number of hydrogen-bond acceptors (Lipinski definition) is 1. The smallest absolute Gasteiger partial charge is 0.350 e. The van der Waals surface area contributed by atoms with E-state index in [4.69, 9.17) is 0 Å². The number of alkyl halides is 3. The summed E-state index contributed by atoms with van der Waals surface area (Å²) in [6.07, 6.45) is -3.21. The summed E-state index contributed by atoms with van der Waals surface area (Å²) in [6.45, 7) is 1.96. The van der Waals surface area contributed by atoms with Crippen molar-refractivity contribution in [2.75, 3.05) is 0 Å². The van der Waals surface area contributed by atoms with E-state index in [2.05, 4.69) is 10.3 Å². The van der Waals surface area contributed by atoms with Crippen LogP contribution in [0.2, 0.25) is 0 Å². The summed E-state index contributed by atoms with van der Waals surface area (Å²) in [7, 11) is 0. The van der Waals surface area contributed by atoms with Crippen molar-refractivity contribution in [2.24, 2.45) is 5.92 Å². The molecule has 1 saturated carbocycles. The number of H-pyrrole nitrogens is 1. The van der Waals surface area contributed by atoms with Crippen LogP contribution >= 0.6 is 0 Å². The Balaban J connectivity index is 1.64. The van der Waals surface area contributed by atoms with Crippen molar-refractivity contribution in [3.63, 3.8) is 0 Å². The molecule has 1 aromatic carbocycles. The lowest BCUT2D eigenvalue weighted by Crippen LogP contribution is -2.40. The van der Waals surface area contributed by atoms with Crippen molar-refractivity contribution in [3.05, 3.63) is 35.5 Å². The van der Waals surface area contributed by atoms with Gasteiger partial charge >= 0.3 is 6.18 Å². The summed E-state index contributed by atoms with van der Waals surface area (Å²) in [5.74, 6) is -1.48. The van der Waals surface area contributed by atoms with Gasteiger partial charge in [-0.3, -0.25) is 4.79 Å². The normalized spacial score (nSPS) is 22.3. The lowest BCUT2D eigenvalue weighted by atomic mass is 9.85. The first-order valence-corrected chi connectivity index (χ1v) is 7.80. The average molecular weight is 324 g/mol. The number of carbonyl (C=O) groups is 1. The second-order valence-corrected chi connectivity index (χ2v) is 6.29. The van der Waals surface area contributed by atoms with E-state index in [0.717, 1.165) is 16.5 Å². The van der Waals surface area contributed by atoms with Crippen molar-refractivity contribution in [3.8, 4) is 0 Å². The van der Waals surface area contributed by atoms with E-state index < -0.39 is 12.1 Å². The molecular weight excluding hydrogens is 305 g/mol. The topological polar surface area (TPSA) is 44.9 Å². The molecular formula is C17H19F3N2O. The molecule has 2 N–H and O–H groups in total. The minimum atomic E-state index is -4.12. The van der Waals surface area contributed by atoms with Gasteiger partial charge in [0.25, 0.3) is 5.91 Å². The maximum Gasteiger partial charge on any atom is 0.391 e. The lowest BCUT2D eigenvalue weighted by molar-refractivity contribution is -0.182. The summed E-state index contributed by atoms with van der Waals surface area (Å²) >= 11 is 0. The first-order valence-electron chi connectivity index (χ1n) is 7.80. The molecule has 1 aliphatic rings. The number of nitrogens with one attached hydrogen (secondary N) is 2. The Bertz CT molecular complexity index is 712. The zero-order valence-corrected chi connectivity index (χ0v) is 12.8. The quantitative estimate of drug-likeness (QED) is 0.848. The molecule has 1 heterocycles. The van der Waals surface area contributed by atoms with E-state index in [-0.39, 0.29) is 24.8 Å². The number of halogens is 3. The Kier molecular flexibility index (Phi) is 4.08. The number of hydrogen-bond donors (Lipinski definition) is 2. The van der Waals surface area contributed by atoms with Crippen LogP contribution in [-0.2, 0) is 0 Å². The third-order valence-corrected chi connectivity index (χ3v) is 4.63. The van der Waals surface area contributed by atoms with Gasteiger partial charge in [-0.15, -0.1) is 0 Å². The van der Waals surface area contributed by atoms with Crippen LogP contribution < -0.4 is 5.32 Å². The fourth-order valence-electron chi connectivity index (χ4n) is 3.26. The molecule has 1 amide bonds. The minimum absolute atomic E-state index is 0.0836. The van der Waals surface area contributed by atoms with E-state index in [1.807, 2.05) is 25.1 Å². The van der Waals surface area contributed by atoms with Gasteiger partial charge in [0.15, 0.2) is 0 Å². The molecule has 0 radical (unpaired) electrons. The van der Waals surface area contributed by atoms with Crippen molar-refractivity contribution in [1.29, 1.82) is 0 Å². The van der Waals surface area contributed by atoms with Gasteiger partial charge in [-0.05, 0) is 44.2 Å². The fourth-order valence-corrected chi connectivity index (χ4v) is 3.26. The van der Waals surface area contributed by atoms with Crippen LogP contribution in [0.15, 0.2) is 24.3 Å². The van der Waals surface area contributed by atoms with Gasteiger partial charge < -0.3 is 10.3 Å². The van der Waals surface area contributed by atoms with Crippen molar-refractivity contribution < 1.29 is 18.0 Å². The highest BCUT2D eigenvalue weighted by Crippen LogP contribution is 2.37. The Labute approximate surface area is 132 Å². The Hall–Kier alpha value is -1.98. The predicted molar refractivity (Wildman–Crippen MR) is 82.3 cm³/mol. The van der Waals surface area contributed by atoms with E-state index >= 15 is 0 Å². The molecule has 2 aromatic rings. The molecule has 0 spiro atoms. The number of carbonyl (C=O) groups excluding carboxylic acids is 1. The van der Waals surface area contributed by atoms with Crippen LogP contribution in [0.25, 0.3) is 10.9 Å². The monoisotopic (exact) mass is 324 g/mol. The number of fused-ring (bicyclic) bond motifs is 1. The Morgan fingerprint density at radius 1 is 1.22 bits per heavy atom. The molecule has 0 bridgehead atoms. The van der Waals surface area contributed by atoms with Gasteiger partial charge in [0.05, 0.1) is 5.92 Å². The standard InChI is InChI=1S/C17H19F3N2O/c1-10-3-2-4-11-9-14(22-15(10)11)16(23)21-13-7-5-12(6-8-13)17(18,19)20/h2-4,9,12-13,22H,5-8H2,1H3,(H,21,23). The average Bonchev–Trinajstić information content (AvgIpc) is 2.92. The van der Waals surface area contributed by atoms with Crippen LogP contribution in [-0.4, -0.2) is 23.1 Å². The second-order valence-electron chi connectivity index (χ2n) is 6.29. The predicted octanol–water partition coefficient (Wildman–Crippen LogP) is 4.33. The zero-order valence-electron chi connectivity index (χ0n) is 12.8. The number of benzene rings is 1. The van der Waals surface area contributed by atoms with E-state index in [0.29, 0.717) is 18.5 Å². The zero-order chi connectivity index (χ0) is 16.6. The molecule has 1 aliphatic carbocycles. The summed E-state index contributed by atoms with van der Waals surface area (Å²) in [5.41, 5.74) is 2.41. The van der Waals surface area contributed by atoms with Crippen molar-refractivity contribution in [2.45, 2.75) is 44.8 Å². The number of rotatable bonds is 2. The van der Waals surface area contributed by atoms with Crippen molar-refractivity contribution in [1.82, 2.24) is 10.3 Å². The summed E-state index contributed by atoms with van der Waals surface area (Å²) in [4.78, 5) is 15.4. The third-order valence-electron chi connectivity index (χ3n) is 4.63. The van der Waals surface area contributed by atoms with Gasteiger partial charge in [0.2, 0.25) is 0 Å². The maximum atomic E-state index is 12.7. The molecule has 0 saturated heterocycles. The van der Waals surface area contributed by atoms with Crippen LogP contribution in [0, 0.1) is 12.8 Å². The molecule has 3 nitrogen and oxygen atoms in total. The Morgan fingerprint density at radius 3 is 2.52 bits per heavy atom. The molecule has 124 valence electrons. The largest absolute Gasteiger partial charge is 0.391 e. The SMILES string of the molecule is Cc1cccc2cc(C(=O)NC3CCC(C(F)(F)F)CC3)[nH]c12. The Morgan fingerprint density at radius 2 is 1.91 bits per heavy atom. The van der Waals surface area contributed by atoms with Gasteiger partial charge in [0, 0.05) is 16.9 Å². The molecule has 0 unspecified atom stereocenters. The second kappa shape index (κ2) is 5.91. The van der Waals surface area contributed by atoms with Crippen LogP contribution in [0.4, 0.5) is 13.2 Å². The number of aromatic nitrogens is 1. The minimum Gasteiger partial charge on any atom is -0.350 e. The molecule has 3 rings (SSSR count). The highest BCUT2D eigenvalue weighted by atomic mass is 19.4. The number of aryl methyl sites for hydroxylation is 1. The third kappa shape index (κ3) is 3.35. The highest BCUT2D eigenvalue weighted by Gasteiger charge is 2.41. The van der Waals surface area contributed by atoms with Gasteiger partial charge in [0.1, 0.15) is 5.69 Å². The molecule has 1 aromatic heterocycles. The van der Waals surface area contributed by atoms with Crippen LogP contribution in [0.3, 0.4) is 0 Å². The van der Waals surface area contributed by atoms with Gasteiger partial charge in [-0.1, -0.05) is 18.2 Å². The summed E-state index contributed by atoms with van der Waals surface area (Å²) < 4.78 is 38.0. The van der Waals surface area contributed by atoms with E-state index in [9.17, 15) is 18.0 Å².